The van der Waals surface area contributed by atoms with Gasteiger partial charge in [0.05, 0.1) is 7.11 Å². The third-order valence-electron chi connectivity index (χ3n) is 4.16. The van der Waals surface area contributed by atoms with Crippen molar-refractivity contribution in [3.63, 3.8) is 0 Å². The Hall–Kier alpha value is -1.51. The number of benzene rings is 1. The second kappa shape index (κ2) is 8.71. The fourth-order valence-electron chi connectivity index (χ4n) is 2.77. The van der Waals surface area contributed by atoms with Gasteiger partial charge in [-0.25, -0.2) is 0 Å². The Kier molecular flexibility index (Phi) is 7.27. The number of carbonyl (C=O) groups excluding carboxylic acids is 1. The van der Waals surface area contributed by atoms with Gasteiger partial charge in [-0.15, -0.1) is 0 Å². The number of ether oxygens (including phenoxy) is 1. The van der Waals surface area contributed by atoms with Crippen molar-refractivity contribution in [1.29, 1.82) is 0 Å². The Labute approximate surface area is 129 Å². The molecule has 118 valence electrons. The van der Waals surface area contributed by atoms with Crippen LogP contribution in [-0.4, -0.2) is 25.7 Å². The van der Waals surface area contributed by atoms with E-state index >= 15 is 0 Å². The van der Waals surface area contributed by atoms with Gasteiger partial charge >= 0.3 is 5.97 Å². The molecule has 0 fully saturated rings. The summed E-state index contributed by atoms with van der Waals surface area (Å²) in [4.78, 5) is 13.7. The summed E-state index contributed by atoms with van der Waals surface area (Å²) >= 11 is 0. The monoisotopic (exact) mass is 291 g/mol. The summed E-state index contributed by atoms with van der Waals surface area (Å²) in [5.41, 5.74) is 2.51. The first kappa shape index (κ1) is 17.5. The zero-order chi connectivity index (χ0) is 15.8. The summed E-state index contributed by atoms with van der Waals surface area (Å²) in [6.07, 6.45) is 3.67. The van der Waals surface area contributed by atoms with Crippen LogP contribution in [0.25, 0.3) is 0 Å². The number of fused-ring (bicyclic) bond motifs is 1. The van der Waals surface area contributed by atoms with E-state index in [2.05, 4.69) is 50.8 Å². The lowest BCUT2D eigenvalue weighted by atomic mass is 9.96. The minimum Gasteiger partial charge on any atom is -0.468 e. The standard InChI is InChI=1S/C14H19NO2.C4H10/c1-4-12-10(2)11-7-5-6-8-13(11)15(12)9-14(16)17-3;1-3-4-2/h5-8,10,12H,4,9H2,1-3H3;3-4H2,1-2H3. The molecule has 3 nitrogen and oxygen atoms in total. The van der Waals surface area contributed by atoms with Gasteiger partial charge in [-0.1, -0.05) is 58.7 Å². The summed E-state index contributed by atoms with van der Waals surface area (Å²) in [6.45, 7) is 9.10. The molecule has 21 heavy (non-hydrogen) atoms. The Morgan fingerprint density at radius 2 is 1.81 bits per heavy atom. The number of para-hydroxylation sites is 1. The average Bonchev–Trinajstić information content (AvgIpc) is 2.80. The predicted octanol–water partition coefficient (Wildman–Crippen LogP) is 4.37. The van der Waals surface area contributed by atoms with Crippen molar-refractivity contribution in [1.82, 2.24) is 0 Å². The van der Waals surface area contributed by atoms with E-state index in [9.17, 15) is 4.79 Å². The number of carbonyl (C=O) groups is 1. The van der Waals surface area contributed by atoms with Crippen LogP contribution in [0.15, 0.2) is 24.3 Å². The molecule has 1 aliphatic rings. The molecule has 2 rings (SSSR count). The topological polar surface area (TPSA) is 29.5 Å². The number of unbranched alkanes of at least 4 members (excludes halogenated alkanes) is 1. The molecular weight excluding hydrogens is 262 g/mol. The molecule has 2 unspecified atom stereocenters. The van der Waals surface area contributed by atoms with Gasteiger partial charge < -0.3 is 9.64 Å². The molecule has 1 heterocycles. The molecule has 2 atom stereocenters. The summed E-state index contributed by atoms with van der Waals surface area (Å²) < 4.78 is 4.77. The highest BCUT2D eigenvalue weighted by Crippen LogP contribution is 2.41. The van der Waals surface area contributed by atoms with E-state index in [1.165, 1.54) is 31.2 Å². The lowest BCUT2D eigenvalue weighted by Crippen LogP contribution is -2.37. The molecule has 0 bridgehead atoms. The van der Waals surface area contributed by atoms with E-state index < -0.39 is 0 Å². The quantitative estimate of drug-likeness (QED) is 0.772. The molecule has 0 saturated heterocycles. The molecule has 1 aromatic carbocycles. The molecule has 0 aliphatic carbocycles. The van der Waals surface area contributed by atoms with Crippen molar-refractivity contribution in [3.8, 4) is 0 Å². The Morgan fingerprint density at radius 1 is 1.19 bits per heavy atom. The number of hydrogen-bond donors (Lipinski definition) is 0. The Bertz CT molecular complexity index is 443. The lowest BCUT2D eigenvalue weighted by Gasteiger charge is -2.27. The number of methoxy groups -OCH3 is 1. The van der Waals surface area contributed by atoms with E-state index in [4.69, 9.17) is 4.74 Å². The number of rotatable bonds is 4. The third-order valence-corrected chi connectivity index (χ3v) is 4.16. The van der Waals surface area contributed by atoms with Gasteiger partial charge in [0.25, 0.3) is 0 Å². The smallest absolute Gasteiger partial charge is 0.325 e. The Morgan fingerprint density at radius 3 is 2.33 bits per heavy atom. The van der Waals surface area contributed by atoms with Crippen LogP contribution in [0, 0.1) is 0 Å². The largest absolute Gasteiger partial charge is 0.468 e. The first-order chi connectivity index (χ1) is 10.1. The van der Waals surface area contributed by atoms with Crippen molar-refractivity contribution in [2.75, 3.05) is 18.6 Å². The normalized spacial score (nSPS) is 19.6. The molecule has 0 saturated carbocycles. The van der Waals surface area contributed by atoms with Crippen LogP contribution in [0.4, 0.5) is 5.69 Å². The zero-order valence-corrected chi connectivity index (χ0v) is 14.1. The maximum absolute atomic E-state index is 11.5. The number of esters is 1. The molecule has 0 radical (unpaired) electrons. The van der Waals surface area contributed by atoms with E-state index in [1.807, 2.05) is 6.07 Å². The van der Waals surface area contributed by atoms with Crippen LogP contribution in [0.1, 0.15) is 58.4 Å². The predicted molar refractivity (Wildman–Crippen MR) is 88.9 cm³/mol. The van der Waals surface area contributed by atoms with Crippen LogP contribution in [0.5, 0.6) is 0 Å². The highest BCUT2D eigenvalue weighted by Gasteiger charge is 2.35. The van der Waals surface area contributed by atoms with Gasteiger partial charge in [0, 0.05) is 17.6 Å². The number of nitrogens with zero attached hydrogens (tertiary/aromatic N) is 1. The van der Waals surface area contributed by atoms with Gasteiger partial charge in [0.2, 0.25) is 0 Å². The molecule has 0 spiro atoms. The van der Waals surface area contributed by atoms with Crippen LogP contribution in [-0.2, 0) is 9.53 Å². The minimum atomic E-state index is -0.174. The van der Waals surface area contributed by atoms with Gasteiger partial charge in [0.15, 0.2) is 0 Å². The third kappa shape index (κ3) is 4.23. The molecular formula is C18H29NO2. The van der Waals surface area contributed by atoms with Gasteiger partial charge in [0.1, 0.15) is 6.54 Å². The highest BCUT2D eigenvalue weighted by molar-refractivity contribution is 5.78. The van der Waals surface area contributed by atoms with Crippen molar-refractivity contribution in [2.24, 2.45) is 0 Å². The van der Waals surface area contributed by atoms with E-state index in [-0.39, 0.29) is 5.97 Å². The lowest BCUT2D eigenvalue weighted by molar-refractivity contribution is -0.139. The van der Waals surface area contributed by atoms with Gasteiger partial charge in [-0.3, -0.25) is 4.79 Å². The van der Waals surface area contributed by atoms with Gasteiger partial charge in [-0.05, 0) is 18.1 Å². The van der Waals surface area contributed by atoms with E-state index in [0.29, 0.717) is 18.5 Å². The second-order valence-electron chi connectivity index (χ2n) is 5.53. The molecule has 0 aromatic heterocycles. The minimum absolute atomic E-state index is 0.174. The maximum atomic E-state index is 11.5. The second-order valence-corrected chi connectivity index (χ2v) is 5.53. The number of hydrogen-bond acceptors (Lipinski definition) is 3. The van der Waals surface area contributed by atoms with Crippen molar-refractivity contribution >= 4 is 11.7 Å². The summed E-state index contributed by atoms with van der Waals surface area (Å²) in [5.74, 6) is 0.299. The summed E-state index contributed by atoms with van der Waals surface area (Å²) in [5, 5.41) is 0. The van der Waals surface area contributed by atoms with E-state index in [0.717, 1.165) is 6.42 Å². The van der Waals surface area contributed by atoms with Crippen molar-refractivity contribution < 1.29 is 9.53 Å². The Balaban J connectivity index is 0.000000491. The van der Waals surface area contributed by atoms with Gasteiger partial charge in [-0.2, -0.15) is 0 Å². The summed E-state index contributed by atoms with van der Waals surface area (Å²) in [7, 11) is 1.44. The molecule has 1 aromatic rings. The van der Waals surface area contributed by atoms with Crippen molar-refractivity contribution in [3.05, 3.63) is 29.8 Å². The number of anilines is 1. The van der Waals surface area contributed by atoms with Crippen molar-refractivity contribution in [2.45, 2.75) is 58.9 Å². The van der Waals surface area contributed by atoms with Crippen LogP contribution in [0.2, 0.25) is 0 Å². The molecule has 3 heteroatoms. The fraction of sp³-hybridized carbons (Fsp3) is 0.611. The first-order valence-corrected chi connectivity index (χ1v) is 8.02. The zero-order valence-electron chi connectivity index (χ0n) is 14.1. The summed E-state index contributed by atoms with van der Waals surface area (Å²) in [6, 6.07) is 8.72. The van der Waals surface area contributed by atoms with Crippen LogP contribution >= 0.6 is 0 Å². The molecule has 1 aliphatic heterocycles. The first-order valence-electron chi connectivity index (χ1n) is 8.02. The average molecular weight is 291 g/mol. The SMILES string of the molecule is CCC1C(C)c2ccccc2N1CC(=O)OC.CCCC. The van der Waals surface area contributed by atoms with Crippen LogP contribution in [0.3, 0.4) is 0 Å². The fourth-order valence-corrected chi connectivity index (χ4v) is 2.77. The maximum Gasteiger partial charge on any atom is 0.325 e. The van der Waals surface area contributed by atoms with Crippen LogP contribution < -0.4 is 4.90 Å². The molecule has 0 N–H and O–H groups in total. The molecule has 0 amide bonds. The highest BCUT2D eigenvalue weighted by atomic mass is 16.5. The van der Waals surface area contributed by atoms with E-state index in [1.54, 1.807) is 0 Å².